The highest BCUT2D eigenvalue weighted by Gasteiger charge is 2.13. The first-order valence-electron chi connectivity index (χ1n) is 7.68. The number of methoxy groups -OCH3 is 1. The number of rotatable bonds is 7. The number of carbonyl (C=O) groups is 2. The van der Waals surface area contributed by atoms with E-state index in [1.807, 2.05) is 36.6 Å². The van der Waals surface area contributed by atoms with Crippen LogP contribution in [-0.2, 0) is 20.9 Å². The molecule has 132 valence electrons. The van der Waals surface area contributed by atoms with Crippen molar-refractivity contribution in [1.82, 2.24) is 10.3 Å². The minimum atomic E-state index is -0.688. The molecule has 1 atom stereocenters. The summed E-state index contributed by atoms with van der Waals surface area (Å²) >= 11 is 1.59. The summed E-state index contributed by atoms with van der Waals surface area (Å²) in [6.45, 7) is 3.94. The fourth-order valence-electron chi connectivity index (χ4n) is 1.98. The Labute approximate surface area is 150 Å². The zero-order valence-corrected chi connectivity index (χ0v) is 15.1. The first-order chi connectivity index (χ1) is 12.0. The molecule has 2 aromatic rings. The molecule has 0 fully saturated rings. The fourth-order valence-corrected chi connectivity index (χ4v) is 2.57. The van der Waals surface area contributed by atoms with Crippen LogP contribution in [0, 0.1) is 6.92 Å². The van der Waals surface area contributed by atoms with Gasteiger partial charge in [-0.1, -0.05) is 12.1 Å². The van der Waals surface area contributed by atoms with E-state index >= 15 is 0 Å². The molecular formula is C18H20N2O4S. The van der Waals surface area contributed by atoms with E-state index in [1.165, 1.54) is 13.2 Å². The molecule has 0 aliphatic rings. The molecule has 0 saturated carbocycles. The van der Waals surface area contributed by atoms with Crippen LogP contribution in [-0.4, -0.2) is 30.0 Å². The summed E-state index contributed by atoms with van der Waals surface area (Å²) < 4.78 is 10.2. The summed E-state index contributed by atoms with van der Waals surface area (Å²) in [6, 6.07) is 6.65. The van der Waals surface area contributed by atoms with Gasteiger partial charge in [-0.3, -0.25) is 4.79 Å². The van der Waals surface area contributed by atoms with Gasteiger partial charge in [0.05, 0.1) is 17.8 Å². The number of benzene rings is 1. The van der Waals surface area contributed by atoms with E-state index in [-0.39, 0.29) is 5.91 Å². The molecule has 0 aliphatic carbocycles. The van der Waals surface area contributed by atoms with E-state index in [4.69, 9.17) is 4.74 Å². The van der Waals surface area contributed by atoms with Crippen LogP contribution in [0.5, 0.6) is 5.75 Å². The molecule has 0 unspecified atom stereocenters. The predicted octanol–water partition coefficient (Wildman–Crippen LogP) is 2.72. The van der Waals surface area contributed by atoms with Crippen molar-refractivity contribution in [1.29, 1.82) is 0 Å². The Morgan fingerprint density at radius 1 is 1.32 bits per heavy atom. The second-order valence-electron chi connectivity index (χ2n) is 5.30. The molecule has 1 N–H and O–H groups in total. The van der Waals surface area contributed by atoms with E-state index in [1.54, 1.807) is 24.3 Å². The maximum atomic E-state index is 11.7. The minimum absolute atomic E-state index is 0.364. The summed E-state index contributed by atoms with van der Waals surface area (Å²) in [5, 5.41) is 5.51. The summed E-state index contributed by atoms with van der Waals surface area (Å²) in [4.78, 5) is 27.3. The molecule has 7 heteroatoms. The fraction of sp³-hybridized carbons (Fsp3) is 0.278. The molecule has 0 bridgehead atoms. The van der Waals surface area contributed by atoms with Gasteiger partial charge in [0.1, 0.15) is 18.4 Å². The first-order valence-corrected chi connectivity index (χ1v) is 8.56. The van der Waals surface area contributed by atoms with Crippen molar-refractivity contribution < 1.29 is 19.1 Å². The first kappa shape index (κ1) is 18.7. The van der Waals surface area contributed by atoms with Crippen molar-refractivity contribution >= 4 is 29.3 Å². The Kier molecular flexibility index (Phi) is 6.71. The average molecular weight is 360 g/mol. The third-order valence-electron chi connectivity index (χ3n) is 3.27. The van der Waals surface area contributed by atoms with Crippen LogP contribution in [0.4, 0.5) is 0 Å². The zero-order chi connectivity index (χ0) is 18.2. The van der Waals surface area contributed by atoms with Crippen molar-refractivity contribution in [3.63, 3.8) is 0 Å². The maximum Gasteiger partial charge on any atom is 0.328 e. The molecule has 1 aromatic heterocycles. The van der Waals surface area contributed by atoms with E-state index in [2.05, 4.69) is 15.0 Å². The molecule has 1 aromatic carbocycles. The van der Waals surface area contributed by atoms with Gasteiger partial charge in [0.15, 0.2) is 0 Å². The Morgan fingerprint density at radius 2 is 2.04 bits per heavy atom. The number of nitrogens with zero attached hydrogens (tertiary/aromatic N) is 1. The monoisotopic (exact) mass is 360 g/mol. The number of ether oxygens (including phenoxy) is 2. The lowest BCUT2D eigenvalue weighted by molar-refractivity contribution is -0.144. The quantitative estimate of drug-likeness (QED) is 0.607. The summed E-state index contributed by atoms with van der Waals surface area (Å²) in [7, 11) is 1.28. The predicted molar refractivity (Wildman–Crippen MR) is 96.3 cm³/mol. The van der Waals surface area contributed by atoms with Crippen LogP contribution >= 0.6 is 11.3 Å². The summed E-state index contributed by atoms with van der Waals surface area (Å²) in [6.07, 6.45) is 3.03. The summed E-state index contributed by atoms with van der Waals surface area (Å²) in [5.41, 5.74) is 1.75. The van der Waals surface area contributed by atoms with Gasteiger partial charge < -0.3 is 14.8 Å². The number of carbonyl (C=O) groups excluding carboxylic acids is 2. The van der Waals surface area contributed by atoms with Gasteiger partial charge in [0, 0.05) is 11.5 Å². The molecule has 0 spiro atoms. The Morgan fingerprint density at radius 3 is 2.64 bits per heavy atom. The molecule has 0 saturated heterocycles. The SMILES string of the molecule is COC(=O)[C@H](C)NC(=O)C=Cc1ccc(OCc2csc(C)n2)cc1. The van der Waals surface area contributed by atoms with Gasteiger partial charge in [0.2, 0.25) is 5.91 Å². The minimum Gasteiger partial charge on any atom is -0.487 e. The van der Waals surface area contributed by atoms with Crippen LogP contribution in [0.25, 0.3) is 6.08 Å². The molecule has 6 nitrogen and oxygen atoms in total. The van der Waals surface area contributed by atoms with Gasteiger partial charge in [-0.25, -0.2) is 9.78 Å². The number of esters is 1. The van der Waals surface area contributed by atoms with E-state index < -0.39 is 12.0 Å². The number of aryl methyl sites for hydroxylation is 1. The van der Waals surface area contributed by atoms with Crippen LogP contribution in [0.3, 0.4) is 0 Å². The Balaban J connectivity index is 1.84. The lowest BCUT2D eigenvalue weighted by atomic mass is 10.2. The average Bonchev–Trinajstić information content (AvgIpc) is 3.03. The zero-order valence-electron chi connectivity index (χ0n) is 14.3. The van der Waals surface area contributed by atoms with E-state index in [0.717, 1.165) is 22.0 Å². The molecule has 0 radical (unpaired) electrons. The van der Waals surface area contributed by atoms with Gasteiger partial charge in [-0.05, 0) is 37.6 Å². The van der Waals surface area contributed by atoms with Crippen LogP contribution < -0.4 is 10.1 Å². The molecule has 2 rings (SSSR count). The topological polar surface area (TPSA) is 77.5 Å². The maximum absolute atomic E-state index is 11.7. The highest BCUT2D eigenvalue weighted by molar-refractivity contribution is 7.09. The highest BCUT2D eigenvalue weighted by atomic mass is 32.1. The lowest BCUT2D eigenvalue weighted by Crippen LogP contribution is -2.38. The van der Waals surface area contributed by atoms with Crippen LogP contribution in [0.1, 0.15) is 23.2 Å². The normalized spacial score (nSPS) is 12.0. The van der Waals surface area contributed by atoms with Crippen molar-refractivity contribution in [3.05, 3.63) is 52.0 Å². The highest BCUT2D eigenvalue weighted by Crippen LogP contribution is 2.16. The molecular weight excluding hydrogens is 340 g/mol. The number of hydrogen-bond donors (Lipinski definition) is 1. The third kappa shape index (κ3) is 6.04. The van der Waals surface area contributed by atoms with Gasteiger partial charge in [-0.2, -0.15) is 0 Å². The molecule has 25 heavy (non-hydrogen) atoms. The van der Waals surface area contributed by atoms with Gasteiger partial charge in [0.25, 0.3) is 0 Å². The Bertz CT molecular complexity index is 753. The van der Waals surface area contributed by atoms with E-state index in [0.29, 0.717) is 6.61 Å². The second-order valence-corrected chi connectivity index (χ2v) is 6.36. The summed E-state index contributed by atoms with van der Waals surface area (Å²) in [5.74, 6) is -0.123. The van der Waals surface area contributed by atoms with Gasteiger partial charge >= 0.3 is 5.97 Å². The number of amides is 1. The van der Waals surface area contributed by atoms with Crippen molar-refractivity contribution in [2.24, 2.45) is 0 Å². The van der Waals surface area contributed by atoms with Crippen LogP contribution in [0.2, 0.25) is 0 Å². The van der Waals surface area contributed by atoms with Gasteiger partial charge in [-0.15, -0.1) is 11.3 Å². The van der Waals surface area contributed by atoms with Crippen molar-refractivity contribution in [2.75, 3.05) is 7.11 Å². The molecule has 1 amide bonds. The van der Waals surface area contributed by atoms with Crippen molar-refractivity contribution in [2.45, 2.75) is 26.5 Å². The Hall–Kier alpha value is -2.67. The lowest BCUT2D eigenvalue weighted by Gasteiger charge is -2.09. The number of nitrogens with one attached hydrogen (secondary N) is 1. The smallest absolute Gasteiger partial charge is 0.328 e. The van der Waals surface area contributed by atoms with E-state index in [9.17, 15) is 9.59 Å². The van der Waals surface area contributed by atoms with Crippen molar-refractivity contribution in [3.8, 4) is 5.75 Å². The number of aromatic nitrogens is 1. The van der Waals surface area contributed by atoms with Crippen LogP contribution in [0.15, 0.2) is 35.7 Å². The largest absolute Gasteiger partial charge is 0.487 e. The number of thiazole rings is 1. The second kappa shape index (κ2) is 8.98. The molecule has 1 heterocycles. The standard InChI is InChI=1S/C18H20N2O4S/c1-12(18(22)23-3)19-17(21)9-6-14-4-7-16(8-5-14)24-10-15-11-25-13(2)20-15/h4-9,11-12H,10H2,1-3H3,(H,19,21)/t12-/m0/s1. The number of hydrogen-bond acceptors (Lipinski definition) is 6. The third-order valence-corrected chi connectivity index (χ3v) is 4.10. The molecule has 0 aliphatic heterocycles.